The summed E-state index contributed by atoms with van der Waals surface area (Å²) in [5.74, 6) is 1.19. The number of aliphatic imine (C=N–C) groups is 1. The molecule has 1 amide bonds. The summed E-state index contributed by atoms with van der Waals surface area (Å²) in [5, 5.41) is 8.76. The number of halogens is 2. The van der Waals surface area contributed by atoms with E-state index in [1.54, 1.807) is 13.1 Å². The standard InChI is InChI=1S/C17H24F2N4O4/c1-3-5-21-15(24)4-6-22-17(20-2)23-9-11-7-13-14(26-10-25-13)8-12(11)27-16(18)19/h7-8,16H,3-6,9-10H2,1-2H3,(H,21,24)(H2,20,22,23). The van der Waals surface area contributed by atoms with Crippen LogP contribution in [-0.2, 0) is 11.3 Å². The largest absolute Gasteiger partial charge is 0.454 e. The molecule has 0 saturated carbocycles. The van der Waals surface area contributed by atoms with Crippen LogP contribution >= 0.6 is 0 Å². The van der Waals surface area contributed by atoms with Crippen LogP contribution in [0.15, 0.2) is 17.1 Å². The van der Waals surface area contributed by atoms with Crippen molar-refractivity contribution in [3.8, 4) is 17.2 Å². The Kier molecular flexibility index (Phi) is 7.90. The van der Waals surface area contributed by atoms with Crippen LogP contribution in [0.3, 0.4) is 0 Å². The minimum atomic E-state index is -2.96. The molecule has 1 aromatic rings. The van der Waals surface area contributed by atoms with E-state index in [4.69, 9.17) is 9.47 Å². The Morgan fingerprint density at radius 2 is 1.96 bits per heavy atom. The Morgan fingerprint density at radius 3 is 2.63 bits per heavy atom. The van der Waals surface area contributed by atoms with Gasteiger partial charge in [-0.3, -0.25) is 9.79 Å². The van der Waals surface area contributed by atoms with E-state index < -0.39 is 6.61 Å². The van der Waals surface area contributed by atoms with Crippen LogP contribution in [0.25, 0.3) is 0 Å². The predicted molar refractivity (Wildman–Crippen MR) is 95.3 cm³/mol. The summed E-state index contributed by atoms with van der Waals surface area (Å²) >= 11 is 0. The number of carbonyl (C=O) groups is 1. The van der Waals surface area contributed by atoms with Crippen molar-refractivity contribution in [2.24, 2.45) is 4.99 Å². The molecule has 1 heterocycles. The molecule has 0 spiro atoms. The summed E-state index contributed by atoms with van der Waals surface area (Å²) < 4.78 is 40.3. The Bertz CT molecular complexity index is 671. The molecule has 0 bridgehead atoms. The Labute approximate surface area is 156 Å². The molecular weight excluding hydrogens is 362 g/mol. The van der Waals surface area contributed by atoms with Crippen molar-refractivity contribution < 1.29 is 27.8 Å². The van der Waals surface area contributed by atoms with Crippen molar-refractivity contribution in [3.05, 3.63) is 17.7 Å². The molecule has 0 aromatic heterocycles. The van der Waals surface area contributed by atoms with Gasteiger partial charge in [-0.1, -0.05) is 6.92 Å². The Balaban J connectivity index is 1.90. The fourth-order valence-corrected chi connectivity index (χ4v) is 2.36. The highest BCUT2D eigenvalue weighted by Gasteiger charge is 2.20. The molecule has 0 fully saturated rings. The van der Waals surface area contributed by atoms with E-state index in [1.165, 1.54) is 6.07 Å². The average molecular weight is 386 g/mol. The fraction of sp³-hybridized carbons (Fsp3) is 0.529. The number of rotatable bonds is 9. The molecular formula is C17H24F2N4O4. The van der Waals surface area contributed by atoms with Gasteiger partial charge in [-0.05, 0) is 12.5 Å². The summed E-state index contributed by atoms with van der Waals surface area (Å²) in [4.78, 5) is 15.6. The number of nitrogens with one attached hydrogen (secondary N) is 3. The van der Waals surface area contributed by atoms with Crippen molar-refractivity contribution in [3.63, 3.8) is 0 Å². The van der Waals surface area contributed by atoms with Gasteiger partial charge < -0.3 is 30.2 Å². The molecule has 0 aliphatic carbocycles. The van der Waals surface area contributed by atoms with Gasteiger partial charge in [-0.25, -0.2) is 0 Å². The topological polar surface area (TPSA) is 93.2 Å². The quantitative estimate of drug-likeness (QED) is 0.441. The van der Waals surface area contributed by atoms with Gasteiger partial charge in [0.2, 0.25) is 12.7 Å². The van der Waals surface area contributed by atoms with Crippen LogP contribution in [0.5, 0.6) is 17.2 Å². The van der Waals surface area contributed by atoms with Crippen molar-refractivity contribution in [1.82, 2.24) is 16.0 Å². The van der Waals surface area contributed by atoms with E-state index in [-0.39, 0.29) is 25.0 Å². The smallest absolute Gasteiger partial charge is 0.387 e. The van der Waals surface area contributed by atoms with Crippen molar-refractivity contribution in [2.45, 2.75) is 32.9 Å². The predicted octanol–water partition coefficient (Wildman–Crippen LogP) is 1.60. The number of nitrogens with zero attached hydrogens (tertiary/aromatic N) is 1. The molecule has 10 heteroatoms. The van der Waals surface area contributed by atoms with Gasteiger partial charge in [0.25, 0.3) is 0 Å². The Hall–Kier alpha value is -2.78. The van der Waals surface area contributed by atoms with Crippen LogP contribution < -0.4 is 30.2 Å². The highest BCUT2D eigenvalue weighted by molar-refractivity contribution is 5.81. The van der Waals surface area contributed by atoms with Crippen LogP contribution in [0, 0.1) is 0 Å². The first kappa shape index (κ1) is 20.5. The normalized spacial score (nSPS) is 12.9. The highest BCUT2D eigenvalue weighted by Crippen LogP contribution is 2.38. The first-order valence-corrected chi connectivity index (χ1v) is 8.62. The number of hydrogen-bond donors (Lipinski definition) is 3. The zero-order valence-electron chi connectivity index (χ0n) is 15.3. The maximum atomic E-state index is 12.7. The summed E-state index contributed by atoms with van der Waals surface area (Å²) in [7, 11) is 1.57. The zero-order chi connectivity index (χ0) is 19.6. The first-order valence-electron chi connectivity index (χ1n) is 8.62. The van der Waals surface area contributed by atoms with Crippen LogP contribution in [0.1, 0.15) is 25.3 Å². The van der Waals surface area contributed by atoms with E-state index in [0.717, 1.165) is 6.42 Å². The number of benzene rings is 1. The lowest BCUT2D eigenvalue weighted by molar-refractivity contribution is -0.120. The molecule has 3 N–H and O–H groups in total. The first-order chi connectivity index (χ1) is 13.0. The SMILES string of the molecule is CCCNC(=O)CCNC(=NC)NCc1cc2c(cc1OC(F)F)OCO2. The molecule has 150 valence electrons. The summed E-state index contributed by atoms with van der Waals surface area (Å²) in [6, 6.07) is 2.96. The van der Waals surface area contributed by atoms with Gasteiger partial charge in [0, 0.05) is 44.7 Å². The molecule has 27 heavy (non-hydrogen) atoms. The van der Waals surface area contributed by atoms with E-state index in [2.05, 4.69) is 25.7 Å². The van der Waals surface area contributed by atoms with Crippen LogP contribution in [0.4, 0.5) is 8.78 Å². The van der Waals surface area contributed by atoms with Gasteiger partial charge in [0.05, 0.1) is 0 Å². The second-order valence-corrected chi connectivity index (χ2v) is 5.64. The Morgan fingerprint density at radius 1 is 1.22 bits per heavy atom. The lowest BCUT2D eigenvalue weighted by Crippen LogP contribution is -2.39. The fourth-order valence-electron chi connectivity index (χ4n) is 2.36. The number of hydrogen-bond acceptors (Lipinski definition) is 5. The number of guanidine groups is 1. The molecule has 1 aliphatic rings. The molecule has 0 radical (unpaired) electrons. The third kappa shape index (κ3) is 6.46. The van der Waals surface area contributed by atoms with E-state index in [9.17, 15) is 13.6 Å². The van der Waals surface area contributed by atoms with Gasteiger partial charge in [-0.2, -0.15) is 8.78 Å². The second kappa shape index (κ2) is 10.4. The van der Waals surface area contributed by atoms with E-state index in [0.29, 0.717) is 42.5 Å². The molecule has 0 saturated heterocycles. The van der Waals surface area contributed by atoms with Gasteiger partial charge in [0.1, 0.15) is 5.75 Å². The maximum Gasteiger partial charge on any atom is 0.387 e. The monoisotopic (exact) mass is 386 g/mol. The summed E-state index contributed by atoms with van der Waals surface area (Å²) in [6.07, 6.45) is 1.17. The summed E-state index contributed by atoms with van der Waals surface area (Å²) in [6.45, 7) is 0.249. The minimum Gasteiger partial charge on any atom is -0.454 e. The average Bonchev–Trinajstić information content (AvgIpc) is 3.09. The molecule has 0 atom stereocenters. The molecule has 0 unspecified atom stereocenters. The van der Waals surface area contributed by atoms with Crippen molar-refractivity contribution >= 4 is 11.9 Å². The molecule has 1 aromatic carbocycles. The summed E-state index contributed by atoms with van der Waals surface area (Å²) in [5.41, 5.74) is 0.461. The molecule has 2 rings (SSSR count). The van der Waals surface area contributed by atoms with Crippen LogP contribution in [-0.4, -0.2) is 45.4 Å². The molecule has 1 aliphatic heterocycles. The van der Waals surface area contributed by atoms with E-state index >= 15 is 0 Å². The van der Waals surface area contributed by atoms with Crippen LogP contribution in [0.2, 0.25) is 0 Å². The lowest BCUT2D eigenvalue weighted by atomic mass is 10.1. The van der Waals surface area contributed by atoms with Gasteiger partial charge in [-0.15, -0.1) is 0 Å². The van der Waals surface area contributed by atoms with Gasteiger partial charge >= 0.3 is 6.61 Å². The number of carbonyl (C=O) groups excluding carboxylic acids is 1. The number of ether oxygens (including phenoxy) is 3. The van der Waals surface area contributed by atoms with E-state index in [1.807, 2.05) is 6.92 Å². The third-order valence-corrected chi connectivity index (χ3v) is 3.66. The second-order valence-electron chi connectivity index (χ2n) is 5.64. The number of alkyl halides is 2. The van der Waals surface area contributed by atoms with Gasteiger partial charge in [0.15, 0.2) is 17.5 Å². The molecule has 8 nitrogen and oxygen atoms in total. The zero-order valence-corrected chi connectivity index (χ0v) is 15.3. The lowest BCUT2D eigenvalue weighted by Gasteiger charge is -2.15. The minimum absolute atomic E-state index is 0.00357. The highest BCUT2D eigenvalue weighted by atomic mass is 19.3. The number of fused-ring (bicyclic) bond motifs is 1. The van der Waals surface area contributed by atoms with Crippen molar-refractivity contribution in [1.29, 1.82) is 0 Å². The number of amides is 1. The maximum absolute atomic E-state index is 12.7. The van der Waals surface area contributed by atoms with Crippen molar-refractivity contribution in [2.75, 3.05) is 26.9 Å². The third-order valence-electron chi connectivity index (χ3n) is 3.66.